The van der Waals surface area contributed by atoms with Crippen molar-refractivity contribution in [2.45, 2.75) is 25.3 Å². The van der Waals surface area contributed by atoms with Gasteiger partial charge in [0.2, 0.25) is 0 Å². The van der Waals surface area contributed by atoms with Gasteiger partial charge in [-0.1, -0.05) is 6.07 Å². The molecule has 0 aromatic carbocycles. The highest BCUT2D eigenvalue weighted by atomic mass is 16.3. The molecule has 1 unspecified atom stereocenters. The van der Waals surface area contributed by atoms with Crippen LogP contribution in [-0.2, 0) is 12.8 Å². The standard InChI is InChI=1S/C13H16N2O/c14-12(9-13-4-2-8-16-13)6-5-11-3-1-7-15-10-11/h1-4,7-8,10,12H,5-6,9,14H2. The Balaban J connectivity index is 1.78. The molecule has 0 aliphatic heterocycles. The highest BCUT2D eigenvalue weighted by Crippen LogP contribution is 2.08. The Labute approximate surface area is 95.3 Å². The third kappa shape index (κ3) is 3.21. The Hall–Kier alpha value is -1.61. The molecule has 2 aromatic heterocycles. The lowest BCUT2D eigenvalue weighted by Crippen LogP contribution is -2.23. The molecule has 2 aromatic rings. The summed E-state index contributed by atoms with van der Waals surface area (Å²) >= 11 is 0. The predicted octanol–water partition coefficient (Wildman–Crippen LogP) is 2.18. The maximum atomic E-state index is 6.03. The van der Waals surface area contributed by atoms with Gasteiger partial charge in [0, 0.05) is 24.9 Å². The fourth-order valence-electron chi connectivity index (χ4n) is 1.69. The van der Waals surface area contributed by atoms with Crippen molar-refractivity contribution < 1.29 is 4.42 Å². The van der Waals surface area contributed by atoms with Crippen LogP contribution in [0.3, 0.4) is 0 Å². The molecule has 84 valence electrons. The maximum Gasteiger partial charge on any atom is 0.105 e. The van der Waals surface area contributed by atoms with Crippen molar-refractivity contribution in [3.05, 3.63) is 54.2 Å². The Morgan fingerprint density at radius 3 is 2.94 bits per heavy atom. The van der Waals surface area contributed by atoms with Crippen LogP contribution < -0.4 is 5.73 Å². The Morgan fingerprint density at radius 1 is 1.31 bits per heavy atom. The average molecular weight is 216 g/mol. The Bertz CT molecular complexity index is 397. The van der Waals surface area contributed by atoms with E-state index in [1.54, 1.807) is 12.5 Å². The first-order chi connectivity index (χ1) is 7.84. The quantitative estimate of drug-likeness (QED) is 0.833. The zero-order chi connectivity index (χ0) is 11.2. The normalized spacial score (nSPS) is 12.6. The van der Waals surface area contributed by atoms with Crippen LogP contribution >= 0.6 is 0 Å². The van der Waals surface area contributed by atoms with E-state index >= 15 is 0 Å². The van der Waals surface area contributed by atoms with Crippen molar-refractivity contribution >= 4 is 0 Å². The van der Waals surface area contributed by atoms with Crippen LogP contribution in [0, 0.1) is 0 Å². The molecule has 0 bridgehead atoms. The molecule has 2 rings (SSSR count). The lowest BCUT2D eigenvalue weighted by Gasteiger charge is -2.09. The van der Waals surface area contributed by atoms with Crippen molar-refractivity contribution in [2.24, 2.45) is 5.73 Å². The van der Waals surface area contributed by atoms with Gasteiger partial charge in [-0.2, -0.15) is 0 Å². The number of nitrogens with zero attached hydrogens (tertiary/aromatic N) is 1. The van der Waals surface area contributed by atoms with E-state index in [1.807, 2.05) is 24.4 Å². The van der Waals surface area contributed by atoms with Crippen LogP contribution in [0.4, 0.5) is 0 Å². The molecule has 0 spiro atoms. The molecular weight excluding hydrogens is 200 g/mol. The number of aromatic nitrogens is 1. The molecular formula is C13H16N2O. The minimum atomic E-state index is 0.145. The van der Waals surface area contributed by atoms with Crippen LogP contribution in [-0.4, -0.2) is 11.0 Å². The molecule has 0 amide bonds. The summed E-state index contributed by atoms with van der Waals surface area (Å²) in [6, 6.07) is 8.03. The Kier molecular flexibility index (Phi) is 3.72. The molecule has 0 radical (unpaired) electrons. The minimum absolute atomic E-state index is 0.145. The average Bonchev–Trinajstić information content (AvgIpc) is 2.81. The number of pyridine rings is 1. The number of nitrogens with two attached hydrogens (primary N) is 1. The monoisotopic (exact) mass is 216 g/mol. The second kappa shape index (κ2) is 5.47. The first-order valence-electron chi connectivity index (χ1n) is 5.51. The third-order valence-electron chi connectivity index (χ3n) is 2.57. The van der Waals surface area contributed by atoms with Crippen LogP contribution in [0.2, 0.25) is 0 Å². The SMILES string of the molecule is NC(CCc1cccnc1)Cc1ccco1. The summed E-state index contributed by atoms with van der Waals surface area (Å²) in [7, 11) is 0. The van der Waals surface area contributed by atoms with E-state index in [0.717, 1.165) is 25.0 Å². The van der Waals surface area contributed by atoms with Gasteiger partial charge in [0.1, 0.15) is 5.76 Å². The van der Waals surface area contributed by atoms with Crippen molar-refractivity contribution in [1.29, 1.82) is 0 Å². The highest BCUT2D eigenvalue weighted by molar-refractivity contribution is 5.09. The summed E-state index contributed by atoms with van der Waals surface area (Å²) in [5.41, 5.74) is 7.27. The van der Waals surface area contributed by atoms with Gasteiger partial charge in [-0.25, -0.2) is 0 Å². The molecule has 0 aliphatic rings. The molecule has 3 nitrogen and oxygen atoms in total. The molecule has 0 saturated heterocycles. The van der Waals surface area contributed by atoms with Gasteiger partial charge in [0.05, 0.1) is 6.26 Å². The molecule has 0 fully saturated rings. The van der Waals surface area contributed by atoms with Crippen molar-refractivity contribution in [3.63, 3.8) is 0 Å². The first kappa shape index (κ1) is 10.9. The van der Waals surface area contributed by atoms with Gasteiger partial charge in [0.15, 0.2) is 0 Å². The zero-order valence-electron chi connectivity index (χ0n) is 9.17. The second-order valence-electron chi connectivity index (χ2n) is 3.94. The molecule has 0 aliphatic carbocycles. The summed E-state index contributed by atoms with van der Waals surface area (Å²) in [5, 5.41) is 0. The van der Waals surface area contributed by atoms with Gasteiger partial charge in [0.25, 0.3) is 0 Å². The van der Waals surface area contributed by atoms with Crippen LogP contribution in [0.25, 0.3) is 0 Å². The van der Waals surface area contributed by atoms with E-state index in [9.17, 15) is 0 Å². The molecule has 2 heterocycles. The highest BCUT2D eigenvalue weighted by Gasteiger charge is 2.06. The topological polar surface area (TPSA) is 52.0 Å². The van der Waals surface area contributed by atoms with Crippen molar-refractivity contribution in [2.75, 3.05) is 0 Å². The first-order valence-corrected chi connectivity index (χ1v) is 5.51. The summed E-state index contributed by atoms with van der Waals surface area (Å²) in [6.45, 7) is 0. The van der Waals surface area contributed by atoms with Crippen molar-refractivity contribution in [1.82, 2.24) is 4.98 Å². The molecule has 1 atom stereocenters. The van der Waals surface area contributed by atoms with Gasteiger partial charge in [-0.3, -0.25) is 4.98 Å². The van der Waals surface area contributed by atoms with E-state index in [2.05, 4.69) is 11.1 Å². The lowest BCUT2D eigenvalue weighted by atomic mass is 10.0. The number of rotatable bonds is 5. The predicted molar refractivity (Wildman–Crippen MR) is 62.9 cm³/mol. The van der Waals surface area contributed by atoms with E-state index in [4.69, 9.17) is 10.2 Å². The molecule has 0 saturated carbocycles. The van der Waals surface area contributed by atoms with Crippen LogP contribution in [0.5, 0.6) is 0 Å². The van der Waals surface area contributed by atoms with E-state index in [-0.39, 0.29) is 6.04 Å². The largest absolute Gasteiger partial charge is 0.469 e. The van der Waals surface area contributed by atoms with Gasteiger partial charge in [-0.05, 0) is 36.6 Å². The molecule has 2 N–H and O–H groups in total. The number of aryl methyl sites for hydroxylation is 1. The van der Waals surface area contributed by atoms with Gasteiger partial charge < -0.3 is 10.2 Å². The molecule has 3 heteroatoms. The van der Waals surface area contributed by atoms with E-state index < -0.39 is 0 Å². The fourth-order valence-corrected chi connectivity index (χ4v) is 1.69. The van der Waals surface area contributed by atoms with E-state index in [0.29, 0.717) is 0 Å². The molecule has 16 heavy (non-hydrogen) atoms. The Morgan fingerprint density at radius 2 is 2.25 bits per heavy atom. The number of hydrogen-bond acceptors (Lipinski definition) is 3. The number of furan rings is 1. The third-order valence-corrected chi connectivity index (χ3v) is 2.57. The lowest BCUT2D eigenvalue weighted by molar-refractivity contribution is 0.474. The van der Waals surface area contributed by atoms with Crippen LogP contribution in [0.1, 0.15) is 17.7 Å². The fraction of sp³-hybridized carbons (Fsp3) is 0.308. The minimum Gasteiger partial charge on any atom is -0.469 e. The smallest absolute Gasteiger partial charge is 0.105 e. The number of hydrogen-bond donors (Lipinski definition) is 1. The summed E-state index contributed by atoms with van der Waals surface area (Å²) < 4.78 is 5.26. The van der Waals surface area contributed by atoms with Gasteiger partial charge in [-0.15, -0.1) is 0 Å². The summed E-state index contributed by atoms with van der Waals surface area (Å²) in [4.78, 5) is 4.08. The maximum absolute atomic E-state index is 6.03. The van der Waals surface area contributed by atoms with Gasteiger partial charge >= 0.3 is 0 Å². The van der Waals surface area contributed by atoms with Crippen molar-refractivity contribution in [3.8, 4) is 0 Å². The van der Waals surface area contributed by atoms with Crippen LogP contribution in [0.15, 0.2) is 47.3 Å². The summed E-state index contributed by atoms with van der Waals surface area (Å²) in [5.74, 6) is 0.957. The summed E-state index contributed by atoms with van der Waals surface area (Å²) in [6.07, 6.45) is 8.07. The second-order valence-corrected chi connectivity index (χ2v) is 3.94. The zero-order valence-corrected chi connectivity index (χ0v) is 9.17. The van der Waals surface area contributed by atoms with E-state index in [1.165, 1.54) is 5.56 Å².